The number of hydrogen-bond acceptors (Lipinski definition) is 7. The third-order valence-electron chi connectivity index (χ3n) is 8.52. The van der Waals surface area contributed by atoms with Crippen LogP contribution in [0.4, 0.5) is 0 Å². The highest BCUT2D eigenvalue weighted by Crippen LogP contribution is 2.43. The summed E-state index contributed by atoms with van der Waals surface area (Å²) < 4.78 is 12.1. The highest BCUT2D eigenvalue weighted by atomic mass is 16.6. The smallest absolute Gasteiger partial charge is 0.157 e. The SMILES string of the molecule is C/C(=C\c1ccccn1)[C@@H]1C[C@@H]2OC[C@]2(C)CCC[C@H](C)[C@H](O)[C@@H](C)C(=O)C(C)(C)[C@@H](O)CC(O)O1. The molecular formula is C29H45NO6. The molecule has 0 amide bonds. The molecule has 0 aliphatic carbocycles. The number of aromatic nitrogens is 1. The molecule has 0 radical (unpaired) electrons. The number of aliphatic hydroxyl groups excluding tert-OH is 3. The van der Waals surface area contributed by atoms with Crippen LogP contribution in [0.25, 0.3) is 6.08 Å². The number of carbonyl (C=O) groups excluding carboxylic acids is 1. The second kappa shape index (κ2) is 11.8. The first-order chi connectivity index (χ1) is 16.8. The number of pyridine rings is 1. The van der Waals surface area contributed by atoms with E-state index in [-0.39, 0.29) is 29.6 Å². The second-order valence-corrected chi connectivity index (χ2v) is 11.9. The van der Waals surface area contributed by atoms with Crippen LogP contribution in [0.2, 0.25) is 0 Å². The minimum atomic E-state index is -1.28. The van der Waals surface area contributed by atoms with Gasteiger partial charge in [-0.3, -0.25) is 9.78 Å². The third kappa shape index (κ3) is 6.62. The summed E-state index contributed by atoms with van der Waals surface area (Å²) in [6.07, 6.45) is 3.12. The van der Waals surface area contributed by atoms with Crippen LogP contribution in [0.3, 0.4) is 0 Å². The van der Waals surface area contributed by atoms with E-state index in [0.29, 0.717) is 13.0 Å². The normalized spacial score (nSPS) is 39.2. The first kappa shape index (κ1) is 28.9. The Bertz CT molecular complexity index is 902. The standard InChI is InChI=1S/C29H45NO6/c1-18-10-9-12-29(6)17-35-24(29)15-22(19(2)14-21-11-7-8-13-30-21)36-25(32)16-23(31)28(4,5)27(34)20(3)26(18)33/h7-8,11,13-14,18,20,22-26,31-33H,9-10,12,15-17H2,1-6H3/b19-14+/t18-,20+,22-,23-,24-,25?,26-,29-/m0/s1. The maximum atomic E-state index is 13.3. The van der Waals surface area contributed by atoms with Gasteiger partial charge in [-0.05, 0) is 49.5 Å². The fourth-order valence-corrected chi connectivity index (χ4v) is 5.53. The zero-order valence-corrected chi connectivity index (χ0v) is 22.7. The van der Waals surface area contributed by atoms with Crippen molar-refractivity contribution in [3.63, 3.8) is 0 Å². The Balaban J connectivity index is 1.88. The van der Waals surface area contributed by atoms with Gasteiger partial charge in [0, 0.05) is 35.8 Å². The average molecular weight is 504 g/mol. The highest BCUT2D eigenvalue weighted by Gasteiger charge is 2.46. The monoisotopic (exact) mass is 503 g/mol. The molecule has 3 heterocycles. The van der Waals surface area contributed by atoms with Crippen molar-refractivity contribution in [3.05, 3.63) is 35.7 Å². The second-order valence-electron chi connectivity index (χ2n) is 11.9. The van der Waals surface area contributed by atoms with Gasteiger partial charge >= 0.3 is 0 Å². The van der Waals surface area contributed by atoms with Crippen LogP contribution in [-0.4, -0.2) is 63.4 Å². The summed E-state index contributed by atoms with van der Waals surface area (Å²) in [6.45, 7) is 11.9. The van der Waals surface area contributed by atoms with Gasteiger partial charge in [-0.2, -0.15) is 0 Å². The van der Waals surface area contributed by atoms with Crippen LogP contribution in [-0.2, 0) is 14.3 Å². The first-order valence-corrected chi connectivity index (χ1v) is 13.3. The molecule has 0 spiro atoms. The number of carbonyl (C=O) groups is 1. The molecule has 36 heavy (non-hydrogen) atoms. The lowest BCUT2D eigenvalue weighted by molar-refractivity contribution is -0.211. The van der Waals surface area contributed by atoms with Gasteiger partial charge in [-0.1, -0.05) is 47.1 Å². The third-order valence-corrected chi connectivity index (χ3v) is 8.52. The maximum Gasteiger partial charge on any atom is 0.157 e. The summed E-state index contributed by atoms with van der Waals surface area (Å²) in [5.41, 5.74) is 0.529. The van der Waals surface area contributed by atoms with E-state index in [1.54, 1.807) is 27.0 Å². The maximum absolute atomic E-state index is 13.3. The lowest BCUT2D eigenvalue weighted by Gasteiger charge is -2.49. The molecule has 0 bridgehead atoms. The van der Waals surface area contributed by atoms with Gasteiger partial charge in [0.2, 0.25) is 0 Å². The average Bonchev–Trinajstić information content (AvgIpc) is 2.83. The van der Waals surface area contributed by atoms with Crippen molar-refractivity contribution in [2.75, 3.05) is 6.61 Å². The molecule has 1 aromatic rings. The number of nitrogens with zero attached hydrogens (tertiary/aromatic N) is 1. The Morgan fingerprint density at radius 3 is 2.47 bits per heavy atom. The molecule has 2 fully saturated rings. The summed E-state index contributed by atoms with van der Waals surface area (Å²) >= 11 is 0. The van der Waals surface area contributed by atoms with Crippen LogP contribution < -0.4 is 0 Å². The zero-order valence-electron chi connectivity index (χ0n) is 22.7. The van der Waals surface area contributed by atoms with Crippen LogP contribution >= 0.6 is 0 Å². The Kier molecular flexibility index (Phi) is 9.50. The summed E-state index contributed by atoms with van der Waals surface area (Å²) in [5, 5.41) is 32.7. The van der Waals surface area contributed by atoms with E-state index in [1.807, 2.05) is 38.1 Å². The van der Waals surface area contributed by atoms with Crippen molar-refractivity contribution in [1.82, 2.24) is 4.98 Å². The van der Waals surface area contributed by atoms with Crippen LogP contribution in [0.1, 0.15) is 79.3 Å². The molecule has 3 N–H and O–H groups in total. The van der Waals surface area contributed by atoms with Crippen LogP contribution in [0, 0.1) is 22.7 Å². The van der Waals surface area contributed by atoms with Crippen molar-refractivity contribution in [3.8, 4) is 0 Å². The molecule has 1 unspecified atom stereocenters. The Labute approximate surface area is 215 Å². The Morgan fingerprint density at radius 2 is 1.86 bits per heavy atom. The van der Waals surface area contributed by atoms with Crippen LogP contribution in [0.5, 0.6) is 0 Å². The number of fused-ring (bicyclic) bond motifs is 1. The molecule has 0 aromatic carbocycles. The van der Waals surface area contributed by atoms with Gasteiger partial charge in [0.25, 0.3) is 0 Å². The molecule has 1 aromatic heterocycles. The van der Waals surface area contributed by atoms with Gasteiger partial charge in [-0.25, -0.2) is 0 Å². The lowest BCUT2D eigenvalue weighted by atomic mass is 9.71. The van der Waals surface area contributed by atoms with E-state index in [0.717, 1.165) is 30.5 Å². The molecule has 2 aliphatic heterocycles. The van der Waals surface area contributed by atoms with Gasteiger partial charge in [-0.15, -0.1) is 0 Å². The van der Waals surface area contributed by atoms with Crippen molar-refractivity contribution < 1.29 is 29.6 Å². The summed E-state index contributed by atoms with van der Waals surface area (Å²) in [5.74, 6) is -0.879. The van der Waals surface area contributed by atoms with Crippen molar-refractivity contribution in [2.24, 2.45) is 22.7 Å². The highest BCUT2D eigenvalue weighted by molar-refractivity contribution is 5.87. The summed E-state index contributed by atoms with van der Waals surface area (Å²) in [6, 6.07) is 5.69. The summed E-state index contributed by atoms with van der Waals surface area (Å²) in [7, 11) is 0. The van der Waals surface area contributed by atoms with Crippen LogP contribution in [0.15, 0.2) is 30.0 Å². The number of rotatable bonds is 2. The predicted octanol–water partition coefficient (Wildman–Crippen LogP) is 4.15. The van der Waals surface area contributed by atoms with Crippen molar-refractivity contribution in [2.45, 2.75) is 104 Å². The number of Topliss-reactive ketones (excluding diaryl/α,β-unsaturated/α-hetero) is 1. The lowest BCUT2D eigenvalue weighted by Crippen LogP contribution is -2.52. The molecule has 2 saturated heterocycles. The van der Waals surface area contributed by atoms with E-state index >= 15 is 0 Å². The minimum Gasteiger partial charge on any atom is -0.392 e. The summed E-state index contributed by atoms with van der Waals surface area (Å²) in [4.78, 5) is 17.7. The number of aliphatic hydroxyl groups is 3. The van der Waals surface area contributed by atoms with E-state index in [4.69, 9.17) is 9.47 Å². The zero-order chi connectivity index (χ0) is 26.7. The van der Waals surface area contributed by atoms with Crippen molar-refractivity contribution >= 4 is 11.9 Å². The Morgan fingerprint density at radius 1 is 1.14 bits per heavy atom. The van der Waals surface area contributed by atoms with Gasteiger partial charge < -0.3 is 24.8 Å². The number of ketones is 1. The predicted molar refractivity (Wildman–Crippen MR) is 139 cm³/mol. The van der Waals surface area contributed by atoms with E-state index in [9.17, 15) is 20.1 Å². The van der Waals surface area contributed by atoms with Crippen molar-refractivity contribution in [1.29, 1.82) is 0 Å². The Hall–Kier alpha value is -1.64. The van der Waals surface area contributed by atoms with Gasteiger partial charge in [0.15, 0.2) is 6.29 Å². The van der Waals surface area contributed by atoms with E-state index < -0.39 is 35.9 Å². The molecule has 2 aliphatic rings. The molecule has 0 saturated carbocycles. The molecule has 7 heteroatoms. The fourth-order valence-electron chi connectivity index (χ4n) is 5.53. The first-order valence-electron chi connectivity index (χ1n) is 13.3. The molecule has 8 atom stereocenters. The van der Waals surface area contributed by atoms with Gasteiger partial charge in [0.05, 0.1) is 36.7 Å². The van der Waals surface area contributed by atoms with E-state index in [1.165, 1.54) is 0 Å². The number of ether oxygens (including phenoxy) is 2. The minimum absolute atomic E-state index is 0.0253. The molecule has 202 valence electrons. The van der Waals surface area contributed by atoms with Gasteiger partial charge in [0.1, 0.15) is 5.78 Å². The number of hydrogen-bond donors (Lipinski definition) is 3. The molecule has 3 rings (SSSR count). The fraction of sp³-hybridized carbons (Fsp3) is 0.724. The quantitative estimate of drug-likeness (QED) is 0.556. The van der Waals surface area contributed by atoms with E-state index in [2.05, 4.69) is 11.9 Å². The largest absolute Gasteiger partial charge is 0.392 e. The topological polar surface area (TPSA) is 109 Å². The molecule has 7 nitrogen and oxygen atoms in total. The molecular weight excluding hydrogens is 458 g/mol.